The van der Waals surface area contributed by atoms with Crippen molar-refractivity contribution < 1.29 is 65.0 Å². The summed E-state index contributed by atoms with van der Waals surface area (Å²) in [6, 6.07) is 45.1. The highest BCUT2D eigenvalue weighted by molar-refractivity contribution is 8.13. The Bertz CT molecular complexity index is 5610. The molecule has 0 spiro atoms. The molecule has 0 unspecified atom stereocenters. The van der Waals surface area contributed by atoms with Crippen molar-refractivity contribution >= 4 is 139 Å². The van der Waals surface area contributed by atoms with Crippen LogP contribution in [0.15, 0.2) is 226 Å². The molecule has 23 heteroatoms. The van der Waals surface area contributed by atoms with Gasteiger partial charge in [0.2, 0.25) is 17.3 Å². The molecule has 1 amide bonds. The fraction of sp³-hybridized carbons (Fsp3) is 0.456. The number of carboxylic acid groups (broad SMARTS) is 2. The molecular weight excluding hydrogens is 1920 g/mol. The van der Waals surface area contributed by atoms with Crippen LogP contribution in [0.4, 0.5) is 22.7 Å². The number of anilines is 2. The van der Waals surface area contributed by atoms with Crippen molar-refractivity contribution in [3.05, 3.63) is 268 Å². The molecule has 6 aromatic rings. The van der Waals surface area contributed by atoms with Crippen molar-refractivity contribution in [2.75, 3.05) is 101 Å². The maximum atomic E-state index is 12.9. The molecule has 0 saturated carbocycles. The highest BCUT2D eigenvalue weighted by Gasteiger charge is 2.47. The molecule has 2 N–H and O–H groups in total. The van der Waals surface area contributed by atoms with E-state index in [0.717, 1.165) is 219 Å². The molecule has 6 aliphatic rings. The number of nitrogens with zero attached hydrogens (tertiary/aromatic N) is 6. The number of fused-ring (bicyclic) bond motifs is 4. The summed E-state index contributed by atoms with van der Waals surface area (Å²) in [5.41, 5.74) is 19.1. The number of nitrogens with one attached hydrogen (secondary N) is 1. The van der Waals surface area contributed by atoms with Gasteiger partial charge in [0.1, 0.15) is 24.6 Å². The lowest BCUT2D eigenvalue weighted by Crippen LogP contribution is -3.00. The fourth-order valence-corrected chi connectivity index (χ4v) is 22.0. The number of unbranched alkanes of at least 4 members (excludes halogenated alkanes) is 8. The standard InChI is InChI=1S/C57H69Cl3N4O4.C57H68Cl3N3O4S.BrH/c1-6-35-62(37-19-40-68-50-31-30-44(58)41-47(50)59)36-18-34-61-53(65)26-9-7-15-38-63-48-24-13-11-22-45(48)56(2,3)51(63)32-28-42-20-17-21-43(55(42)60)29-33-52-57(4,5)46-23-12-14-25-49(46)64(52)39-16-8-10-27-54(66)67;1-6-34-61(35-18-39-67-50-31-30-44(58)41-47(50)59)36-19-40-68-54(66)27-10-8-16-38-63-49-25-14-12-23-46(49)57(4,5)52(63)33-29-43-21-17-20-42(55(43)60)28-32-51-56(2,3)45-22-11-13-24-48(45)62(51)37-15-7-9-26-53(64)65;/h1,11-14,22-25,28-33,41H,7-10,15-21,26-27,34-40H2,2-5H3,(H-,61,65,66,67);1,11-14,22-25,28-33,41H,7-10,15-21,26-27,34-40H2,2-5H3;1H. The number of terminal acetylenes is 2. The van der Waals surface area contributed by atoms with Gasteiger partial charge in [0.25, 0.3) is 0 Å². The minimum atomic E-state index is -0.985. The van der Waals surface area contributed by atoms with E-state index >= 15 is 0 Å². The molecule has 0 atom stereocenters. The predicted octanol–water partition coefficient (Wildman–Crippen LogP) is 23.5. The second kappa shape index (κ2) is 54.5. The molecule has 4 heterocycles. The second-order valence-corrected chi connectivity index (χ2v) is 41.9. The Balaban J connectivity index is 0.000000281. The topological polar surface area (TPSA) is 161 Å². The summed E-state index contributed by atoms with van der Waals surface area (Å²) in [5, 5.41) is 27.3. The maximum absolute atomic E-state index is 12.9. The molecule has 0 fully saturated rings. The highest BCUT2D eigenvalue weighted by Crippen LogP contribution is 2.51. The SMILES string of the molecule is C#CCN(CCCNC(=O)CCCCC[N+]1=C(/C=C/C2=C(Cl)C(=C/C=C3\N(CCCCCC(=O)[O-])c4ccccc4C3(C)C)/CCC2)C(C)(C)c2ccccc21)CCCOc1ccc(Cl)cc1Cl.C#CCN(CCCOc1ccc(Cl)cc1Cl)CCCSC(=O)CCCCCN1/C(=C\C=C2/CCCC(/C=C/C3=[N+](CCCCCC(=O)O)c4ccccc4C3(C)C)=C2Cl)C(C)(C)c2ccccc21.[Br-]. The first-order valence-electron chi connectivity index (χ1n) is 49.0. The number of allylic oxidation sites excluding steroid dienone is 16. The van der Waals surface area contributed by atoms with E-state index in [-0.39, 0.29) is 62.5 Å². The zero-order valence-electron chi connectivity index (χ0n) is 81.3. The number of rotatable bonds is 50. The molecule has 0 bridgehead atoms. The number of halogens is 7. The Morgan fingerprint density at radius 1 is 0.482 bits per heavy atom. The Morgan fingerprint density at radius 3 is 1.35 bits per heavy atom. The summed E-state index contributed by atoms with van der Waals surface area (Å²) >= 11 is 40.5. The fourth-order valence-electron chi connectivity index (χ4n) is 19.6. The maximum Gasteiger partial charge on any atom is 0.303 e. The highest BCUT2D eigenvalue weighted by atomic mass is 79.9. The van der Waals surface area contributed by atoms with Crippen LogP contribution in [-0.4, -0.2) is 149 Å². The van der Waals surface area contributed by atoms with Gasteiger partial charge in [0.15, 0.2) is 16.5 Å². The number of aliphatic carboxylic acids is 2. The van der Waals surface area contributed by atoms with E-state index in [1.807, 2.05) is 0 Å². The molecule has 2 aliphatic carbocycles. The van der Waals surface area contributed by atoms with Gasteiger partial charge in [0.05, 0.1) is 47.2 Å². The monoisotopic (exact) mass is 2050 g/mol. The zero-order valence-corrected chi connectivity index (χ0v) is 88.2. The van der Waals surface area contributed by atoms with Crippen molar-refractivity contribution in [3.8, 4) is 36.2 Å². The summed E-state index contributed by atoms with van der Waals surface area (Å²) < 4.78 is 16.6. The Labute approximate surface area is 860 Å². The number of para-hydroxylation sites is 4. The molecule has 6 aromatic carbocycles. The third-order valence-electron chi connectivity index (χ3n) is 27.0. The summed E-state index contributed by atoms with van der Waals surface area (Å²) in [4.78, 5) is 57.2. The van der Waals surface area contributed by atoms with Crippen LogP contribution in [0.25, 0.3) is 0 Å². The molecule has 0 saturated heterocycles. The van der Waals surface area contributed by atoms with Gasteiger partial charge in [-0.3, -0.25) is 24.2 Å². The first-order valence-corrected chi connectivity index (χ1v) is 52.2. The van der Waals surface area contributed by atoms with Crippen LogP contribution in [0.2, 0.25) is 20.1 Å². The largest absolute Gasteiger partial charge is 1.00 e. The minimum absolute atomic E-state index is 0. The van der Waals surface area contributed by atoms with E-state index in [2.05, 4.69) is 247 Å². The Morgan fingerprint density at radius 2 is 0.898 bits per heavy atom. The molecule has 15 nitrogen and oxygen atoms in total. The van der Waals surface area contributed by atoms with Gasteiger partial charge < -0.3 is 56.6 Å². The number of carbonyl (C=O) groups is 4. The van der Waals surface area contributed by atoms with Gasteiger partial charge in [-0.1, -0.05) is 231 Å². The van der Waals surface area contributed by atoms with Gasteiger partial charge in [-0.25, -0.2) is 0 Å². The van der Waals surface area contributed by atoms with E-state index in [1.54, 1.807) is 36.4 Å². The molecule has 137 heavy (non-hydrogen) atoms. The average Bonchev–Trinajstić information content (AvgIpc) is 1.61. The van der Waals surface area contributed by atoms with Gasteiger partial charge >= 0.3 is 5.97 Å². The number of carbonyl (C=O) groups excluding carboxylic acids is 3. The summed E-state index contributed by atoms with van der Waals surface area (Å²) in [5.74, 6) is 5.89. The quantitative estimate of drug-likeness (QED) is 0.0211. The molecule has 0 aromatic heterocycles. The van der Waals surface area contributed by atoms with Gasteiger partial charge in [-0.05, 0) is 250 Å². The third kappa shape index (κ3) is 30.7. The lowest BCUT2D eigenvalue weighted by molar-refractivity contribution is -0.438. The van der Waals surface area contributed by atoms with Gasteiger partial charge in [0, 0.05) is 172 Å². The van der Waals surface area contributed by atoms with Crippen LogP contribution in [0.5, 0.6) is 11.5 Å². The van der Waals surface area contributed by atoms with E-state index in [1.165, 1.54) is 79.6 Å². The van der Waals surface area contributed by atoms with Crippen LogP contribution >= 0.6 is 81.4 Å². The zero-order chi connectivity index (χ0) is 97.4. The van der Waals surface area contributed by atoms with Crippen LogP contribution < -0.4 is 46.7 Å². The Kier molecular flexibility index (Phi) is 43.9. The second-order valence-electron chi connectivity index (χ2n) is 38.3. The van der Waals surface area contributed by atoms with E-state index in [4.69, 9.17) is 97.0 Å². The number of ether oxygens (including phenoxy) is 2. The van der Waals surface area contributed by atoms with Gasteiger partial charge in [-0.2, -0.15) is 9.15 Å². The Hall–Kier alpha value is -8.53. The van der Waals surface area contributed by atoms with Crippen LogP contribution in [0.1, 0.15) is 245 Å². The molecule has 732 valence electrons. The minimum Gasteiger partial charge on any atom is -1.00 e. The number of carboxylic acids is 2. The summed E-state index contributed by atoms with van der Waals surface area (Å²) in [6.45, 7) is 27.8. The number of thioether (sulfide) groups is 1. The smallest absolute Gasteiger partial charge is 0.303 e. The van der Waals surface area contributed by atoms with Crippen molar-refractivity contribution in [3.63, 3.8) is 0 Å². The first kappa shape index (κ1) is 110. The third-order valence-corrected chi connectivity index (χ3v) is 30.0. The van der Waals surface area contributed by atoms with Gasteiger partial charge in [-0.15, -0.1) is 12.8 Å². The van der Waals surface area contributed by atoms with E-state index in [0.29, 0.717) is 90.1 Å². The summed E-state index contributed by atoms with van der Waals surface area (Å²) in [6.07, 6.45) is 50.3. The number of amides is 1. The normalized spacial score (nSPS) is 17.3. The molecular formula is C114H138BrCl6N7O8S. The van der Waals surface area contributed by atoms with Crippen LogP contribution in [-0.2, 0) is 40.8 Å². The lowest BCUT2D eigenvalue weighted by Gasteiger charge is -2.27. The van der Waals surface area contributed by atoms with E-state index in [9.17, 15) is 24.3 Å². The van der Waals surface area contributed by atoms with Crippen LogP contribution in [0, 0.1) is 24.7 Å². The average molecular weight is 2060 g/mol. The summed E-state index contributed by atoms with van der Waals surface area (Å²) in [7, 11) is 0. The molecule has 12 rings (SSSR count). The van der Waals surface area contributed by atoms with Crippen molar-refractivity contribution in [2.24, 2.45) is 0 Å². The number of hydrogen-bond acceptors (Lipinski definition) is 12. The van der Waals surface area contributed by atoms with Crippen molar-refractivity contribution in [1.82, 2.24) is 15.1 Å². The van der Waals surface area contributed by atoms with Crippen molar-refractivity contribution in [1.29, 1.82) is 0 Å². The molecule has 4 aliphatic heterocycles. The number of benzene rings is 6. The lowest BCUT2D eigenvalue weighted by atomic mass is 9.81. The number of hydrogen-bond donors (Lipinski definition) is 2. The van der Waals surface area contributed by atoms with E-state index < -0.39 is 11.9 Å². The van der Waals surface area contributed by atoms with Crippen LogP contribution in [0.3, 0.4) is 0 Å². The predicted molar refractivity (Wildman–Crippen MR) is 566 cm³/mol. The molecule has 0 radical (unpaired) electrons. The van der Waals surface area contributed by atoms with Crippen molar-refractivity contribution in [2.45, 2.75) is 244 Å². The first-order chi connectivity index (χ1) is 65.4.